The predicted octanol–water partition coefficient (Wildman–Crippen LogP) is 6.83. The first-order valence-corrected chi connectivity index (χ1v) is 12.0. The highest BCUT2D eigenvalue weighted by molar-refractivity contribution is 6.04. The van der Waals surface area contributed by atoms with Crippen molar-refractivity contribution in [3.05, 3.63) is 120 Å². The molecule has 0 aliphatic rings. The van der Waals surface area contributed by atoms with Crippen LogP contribution in [0.1, 0.15) is 22.8 Å². The van der Waals surface area contributed by atoms with Gasteiger partial charge in [0.05, 0.1) is 11.3 Å². The summed E-state index contributed by atoms with van der Waals surface area (Å²) in [7, 11) is 0. The van der Waals surface area contributed by atoms with Crippen molar-refractivity contribution in [3.63, 3.8) is 0 Å². The molecule has 6 nitrogen and oxygen atoms in total. The molecule has 1 heterocycles. The zero-order chi connectivity index (χ0) is 26.6. The molecule has 0 saturated carbocycles. The number of benzene rings is 4. The van der Waals surface area contributed by atoms with E-state index in [9.17, 15) is 14.0 Å². The molecule has 0 spiro atoms. The Morgan fingerprint density at radius 2 is 1.50 bits per heavy atom. The van der Waals surface area contributed by atoms with Gasteiger partial charge in [-0.15, -0.1) is 0 Å². The number of hydrogen-bond acceptors (Lipinski definition) is 4. The van der Waals surface area contributed by atoms with Crippen molar-refractivity contribution < 1.29 is 18.7 Å². The third-order valence-corrected chi connectivity index (χ3v) is 5.96. The molecule has 1 aromatic heterocycles. The van der Waals surface area contributed by atoms with Crippen LogP contribution in [0.25, 0.3) is 28.1 Å². The minimum Gasteiger partial charge on any atom is -0.407 e. The zero-order valence-electron chi connectivity index (χ0n) is 20.8. The second-order valence-corrected chi connectivity index (χ2v) is 8.75. The summed E-state index contributed by atoms with van der Waals surface area (Å²) >= 11 is 0. The van der Waals surface area contributed by atoms with E-state index in [0.717, 1.165) is 5.56 Å². The molecular formula is C31H24FN3O3. The summed E-state index contributed by atoms with van der Waals surface area (Å²) in [6.45, 7) is 3.26. The van der Waals surface area contributed by atoms with Gasteiger partial charge in [0.25, 0.3) is 5.91 Å². The number of amides is 1. The maximum Gasteiger partial charge on any atom is 0.309 e. The number of nitrogens with one attached hydrogen (secondary N) is 1. The first-order valence-electron chi connectivity index (χ1n) is 12.0. The zero-order valence-corrected chi connectivity index (χ0v) is 20.8. The number of rotatable bonds is 6. The van der Waals surface area contributed by atoms with E-state index in [1.165, 1.54) is 17.7 Å². The number of para-hydroxylation sites is 1. The van der Waals surface area contributed by atoms with Gasteiger partial charge in [0, 0.05) is 23.7 Å². The minimum absolute atomic E-state index is 0.165. The van der Waals surface area contributed by atoms with E-state index in [4.69, 9.17) is 4.74 Å². The number of halogens is 1. The average molecular weight is 506 g/mol. The van der Waals surface area contributed by atoms with Crippen LogP contribution >= 0.6 is 0 Å². The summed E-state index contributed by atoms with van der Waals surface area (Å²) in [4.78, 5) is 24.8. The largest absolute Gasteiger partial charge is 0.407 e. The van der Waals surface area contributed by atoms with Gasteiger partial charge < -0.3 is 10.1 Å². The third kappa shape index (κ3) is 5.08. The van der Waals surface area contributed by atoms with Crippen LogP contribution in [-0.4, -0.2) is 21.7 Å². The summed E-state index contributed by atoms with van der Waals surface area (Å²) < 4.78 is 22.1. The highest BCUT2D eigenvalue weighted by Crippen LogP contribution is 2.41. The van der Waals surface area contributed by atoms with E-state index in [2.05, 4.69) is 10.4 Å². The lowest BCUT2D eigenvalue weighted by molar-refractivity contribution is -0.132. The van der Waals surface area contributed by atoms with Crippen molar-refractivity contribution in [1.82, 2.24) is 9.78 Å². The Kier molecular flexibility index (Phi) is 6.82. The van der Waals surface area contributed by atoms with Crippen molar-refractivity contribution >= 4 is 17.6 Å². The molecule has 1 amide bonds. The number of anilines is 1. The van der Waals surface area contributed by atoms with Crippen LogP contribution in [0.2, 0.25) is 0 Å². The highest BCUT2D eigenvalue weighted by atomic mass is 19.1. The number of carbonyl (C=O) groups excluding carboxylic acids is 2. The molecule has 7 heteroatoms. The molecule has 0 radical (unpaired) electrons. The fourth-order valence-corrected chi connectivity index (χ4v) is 4.11. The number of esters is 1. The van der Waals surface area contributed by atoms with Gasteiger partial charge in [0.1, 0.15) is 11.5 Å². The molecule has 1 N–H and O–H groups in total. The molecule has 0 atom stereocenters. The second-order valence-electron chi connectivity index (χ2n) is 8.75. The Balaban J connectivity index is 1.60. The van der Waals surface area contributed by atoms with E-state index in [-0.39, 0.29) is 17.4 Å². The number of aryl methyl sites for hydroxylation is 1. The number of hydrogen-bond donors (Lipinski definition) is 1. The maximum absolute atomic E-state index is 15.0. The van der Waals surface area contributed by atoms with Crippen LogP contribution in [0.4, 0.5) is 10.1 Å². The molecule has 38 heavy (non-hydrogen) atoms. The molecule has 0 aliphatic carbocycles. The van der Waals surface area contributed by atoms with Crippen LogP contribution in [0, 0.1) is 12.7 Å². The second kappa shape index (κ2) is 10.5. The Hall–Kier alpha value is -5.04. The average Bonchev–Trinajstić information content (AvgIpc) is 3.28. The Bertz CT molecular complexity index is 1610. The van der Waals surface area contributed by atoms with Crippen molar-refractivity contribution in [2.75, 3.05) is 5.32 Å². The van der Waals surface area contributed by atoms with E-state index in [1.807, 2.05) is 49.4 Å². The lowest BCUT2D eigenvalue weighted by atomic mass is 10.0. The van der Waals surface area contributed by atoms with Crippen LogP contribution in [0.3, 0.4) is 0 Å². The third-order valence-electron chi connectivity index (χ3n) is 5.96. The Labute approximate surface area is 219 Å². The van der Waals surface area contributed by atoms with Crippen LogP contribution in [0.5, 0.6) is 5.88 Å². The van der Waals surface area contributed by atoms with Gasteiger partial charge in [-0.1, -0.05) is 60.2 Å². The number of aromatic nitrogens is 2. The lowest BCUT2D eigenvalue weighted by Crippen LogP contribution is -2.11. The first kappa shape index (κ1) is 24.6. The van der Waals surface area contributed by atoms with Crippen molar-refractivity contribution in [2.45, 2.75) is 13.8 Å². The van der Waals surface area contributed by atoms with E-state index >= 15 is 0 Å². The quantitative estimate of drug-likeness (QED) is 0.257. The first-order chi connectivity index (χ1) is 18.4. The Morgan fingerprint density at radius 3 is 2.16 bits per heavy atom. The van der Waals surface area contributed by atoms with Gasteiger partial charge in [0.15, 0.2) is 0 Å². The van der Waals surface area contributed by atoms with E-state index in [1.54, 1.807) is 54.6 Å². The fourth-order valence-electron chi connectivity index (χ4n) is 4.11. The number of ether oxygens (including phenoxy) is 1. The summed E-state index contributed by atoms with van der Waals surface area (Å²) in [5.74, 6) is -1.06. The fraction of sp³-hybridized carbons (Fsp3) is 0.0645. The highest BCUT2D eigenvalue weighted by Gasteiger charge is 2.26. The van der Waals surface area contributed by atoms with E-state index in [0.29, 0.717) is 33.8 Å². The monoisotopic (exact) mass is 505 g/mol. The molecule has 4 aromatic carbocycles. The summed E-state index contributed by atoms with van der Waals surface area (Å²) in [6, 6.07) is 29.8. The van der Waals surface area contributed by atoms with Crippen molar-refractivity contribution in [2.24, 2.45) is 0 Å². The molecule has 5 aromatic rings. The molecule has 0 saturated heterocycles. The van der Waals surface area contributed by atoms with Gasteiger partial charge in [-0.05, 0) is 61.0 Å². The molecular weight excluding hydrogens is 481 g/mol. The van der Waals surface area contributed by atoms with Crippen LogP contribution in [-0.2, 0) is 4.79 Å². The molecule has 0 unspecified atom stereocenters. The van der Waals surface area contributed by atoms with Crippen molar-refractivity contribution in [3.8, 4) is 34.0 Å². The standard InChI is InChI=1S/C31H24FN3O3/c1-20-12-14-23(15-13-20)30(37)33-24-18-16-22(17-19-24)28-29(26-10-6-7-11-27(26)32)34-35(31(28)38-21(2)36)25-8-4-3-5-9-25/h3-19H,1-2H3,(H,33,37). The summed E-state index contributed by atoms with van der Waals surface area (Å²) in [6.07, 6.45) is 0. The van der Waals surface area contributed by atoms with Crippen LogP contribution in [0.15, 0.2) is 103 Å². The SMILES string of the molecule is CC(=O)Oc1c(-c2ccc(NC(=O)c3ccc(C)cc3)cc2)c(-c2ccccc2F)nn1-c1ccccc1. The molecule has 5 rings (SSSR count). The summed E-state index contributed by atoms with van der Waals surface area (Å²) in [5, 5.41) is 7.57. The molecule has 0 fully saturated rings. The van der Waals surface area contributed by atoms with Crippen molar-refractivity contribution in [1.29, 1.82) is 0 Å². The van der Waals surface area contributed by atoms with Gasteiger partial charge in [0.2, 0.25) is 5.88 Å². The predicted molar refractivity (Wildman–Crippen MR) is 145 cm³/mol. The van der Waals surface area contributed by atoms with E-state index < -0.39 is 11.8 Å². The Morgan fingerprint density at radius 1 is 0.842 bits per heavy atom. The minimum atomic E-state index is -0.537. The van der Waals surface area contributed by atoms with Crippen LogP contribution < -0.4 is 10.1 Å². The number of carbonyl (C=O) groups is 2. The lowest BCUT2D eigenvalue weighted by Gasteiger charge is -2.11. The molecule has 0 aliphatic heterocycles. The number of nitrogens with zero attached hydrogens (tertiary/aromatic N) is 2. The molecule has 188 valence electrons. The topological polar surface area (TPSA) is 73.2 Å². The van der Waals surface area contributed by atoms with Gasteiger partial charge in [-0.2, -0.15) is 9.78 Å². The molecule has 0 bridgehead atoms. The summed E-state index contributed by atoms with van der Waals surface area (Å²) in [5.41, 5.74) is 4.51. The van der Waals surface area contributed by atoms with Gasteiger partial charge >= 0.3 is 5.97 Å². The normalized spacial score (nSPS) is 10.7. The van der Waals surface area contributed by atoms with Gasteiger partial charge in [-0.25, -0.2) is 4.39 Å². The maximum atomic E-state index is 15.0. The smallest absolute Gasteiger partial charge is 0.309 e. The van der Waals surface area contributed by atoms with Gasteiger partial charge in [-0.3, -0.25) is 9.59 Å².